The zero-order valence-electron chi connectivity index (χ0n) is 19.0. The van der Waals surface area contributed by atoms with E-state index in [0.717, 1.165) is 48.7 Å². The number of nitrogens with zero attached hydrogens (tertiary/aromatic N) is 1. The van der Waals surface area contributed by atoms with E-state index in [-0.39, 0.29) is 30.5 Å². The normalized spacial score (nSPS) is 19.2. The molecule has 0 aliphatic carbocycles. The number of amides is 1. The molecule has 1 aromatic heterocycles. The lowest BCUT2D eigenvalue weighted by Gasteiger charge is -2.27. The van der Waals surface area contributed by atoms with Crippen molar-refractivity contribution in [1.82, 2.24) is 10.2 Å². The van der Waals surface area contributed by atoms with E-state index in [4.69, 9.17) is 18.6 Å². The van der Waals surface area contributed by atoms with Crippen LogP contribution in [0.1, 0.15) is 50.5 Å². The van der Waals surface area contributed by atoms with Gasteiger partial charge in [-0.05, 0) is 48.6 Å². The van der Waals surface area contributed by atoms with Crippen molar-refractivity contribution in [3.63, 3.8) is 0 Å². The van der Waals surface area contributed by atoms with E-state index in [1.54, 1.807) is 6.26 Å². The van der Waals surface area contributed by atoms with E-state index < -0.39 is 0 Å². The Bertz CT molecular complexity index is 861. The third-order valence-corrected chi connectivity index (χ3v) is 5.93. The molecule has 1 fully saturated rings. The fourth-order valence-electron chi connectivity index (χ4n) is 4.31. The standard InChI is InChI=1S/C25H34N2O5/c1-18(2)25(19-8-9-22-23(14-19)32-13-5-12-31-22)26-24(28)17-27(15-20-6-3-10-29-20)16-21-7-4-11-30-21/h3,6,8-10,14,18,21,25H,4-5,7,11-13,15-17H2,1-2H3,(H,26,28). The molecule has 2 atom stereocenters. The Morgan fingerprint density at radius 1 is 1.12 bits per heavy atom. The maximum absolute atomic E-state index is 13.1. The highest BCUT2D eigenvalue weighted by Gasteiger charge is 2.25. The van der Waals surface area contributed by atoms with Gasteiger partial charge in [-0.25, -0.2) is 0 Å². The molecule has 0 radical (unpaired) electrons. The van der Waals surface area contributed by atoms with Gasteiger partial charge in [-0.3, -0.25) is 9.69 Å². The van der Waals surface area contributed by atoms with Gasteiger partial charge in [0, 0.05) is 19.6 Å². The molecule has 1 amide bonds. The highest BCUT2D eigenvalue weighted by atomic mass is 16.5. The first-order valence-corrected chi connectivity index (χ1v) is 11.6. The van der Waals surface area contributed by atoms with Crippen LogP contribution in [0.3, 0.4) is 0 Å². The number of rotatable bonds is 9. The molecule has 0 saturated carbocycles. The summed E-state index contributed by atoms with van der Waals surface area (Å²) in [7, 11) is 0. The van der Waals surface area contributed by atoms with E-state index in [0.29, 0.717) is 26.3 Å². The number of fused-ring (bicyclic) bond motifs is 1. The lowest BCUT2D eigenvalue weighted by Crippen LogP contribution is -2.42. The number of nitrogens with one attached hydrogen (secondary N) is 1. The first-order chi connectivity index (χ1) is 15.6. The fraction of sp³-hybridized carbons (Fsp3) is 0.560. The zero-order valence-corrected chi connectivity index (χ0v) is 19.0. The molecule has 1 aromatic carbocycles. The zero-order chi connectivity index (χ0) is 22.3. The Balaban J connectivity index is 1.43. The van der Waals surface area contributed by atoms with Gasteiger partial charge >= 0.3 is 0 Å². The van der Waals surface area contributed by atoms with Gasteiger partial charge in [0.2, 0.25) is 5.91 Å². The number of carbonyl (C=O) groups is 1. The molecule has 3 heterocycles. The summed E-state index contributed by atoms with van der Waals surface area (Å²) in [6.45, 7) is 7.90. The number of carbonyl (C=O) groups excluding carboxylic acids is 1. The smallest absolute Gasteiger partial charge is 0.234 e. The molecule has 2 aliphatic heterocycles. The molecular formula is C25H34N2O5. The summed E-state index contributed by atoms with van der Waals surface area (Å²) in [5, 5.41) is 3.24. The summed E-state index contributed by atoms with van der Waals surface area (Å²) < 4.78 is 22.9. The Hall–Kier alpha value is -2.51. The SMILES string of the molecule is CC(C)C(NC(=O)CN(Cc1ccco1)CC1CCCO1)c1ccc2c(c1)OCCCO2. The van der Waals surface area contributed by atoms with Gasteiger partial charge in [-0.2, -0.15) is 0 Å². The van der Waals surface area contributed by atoms with Crippen LogP contribution in [0.25, 0.3) is 0 Å². The molecule has 0 spiro atoms. The largest absolute Gasteiger partial charge is 0.490 e. The highest BCUT2D eigenvalue weighted by Crippen LogP contribution is 2.34. The van der Waals surface area contributed by atoms with Crippen LogP contribution in [-0.2, 0) is 16.1 Å². The summed E-state index contributed by atoms with van der Waals surface area (Å²) >= 11 is 0. The average Bonchev–Trinajstić information content (AvgIpc) is 3.42. The molecule has 2 unspecified atom stereocenters. The lowest BCUT2D eigenvalue weighted by atomic mass is 9.95. The van der Waals surface area contributed by atoms with Gasteiger partial charge in [-0.15, -0.1) is 0 Å². The number of benzene rings is 1. The molecule has 7 nitrogen and oxygen atoms in total. The van der Waals surface area contributed by atoms with Gasteiger partial charge in [0.15, 0.2) is 11.5 Å². The number of hydrogen-bond acceptors (Lipinski definition) is 6. The molecule has 174 valence electrons. The molecule has 1 saturated heterocycles. The van der Waals surface area contributed by atoms with Crippen LogP contribution in [0.5, 0.6) is 11.5 Å². The summed E-state index contributed by atoms with van der Waals surface area (Å²) in [4.78, 5) is 15.2. The Morgan fingerprint density at radius 3 is 2.69 bits per heavy atom. The van der Waals surface area contributed by atoms with Gasteiger partial charge in [0.25, 0.3) is 0 Å². The van der Waals surface area contributed by atoms with Gasteiger partial charge < -0.3 is 23.9 Å². The van der Waals surface area contributed by atoms with Crippen LogP contribution in [0.2, 0.25) is 0 Å². The second-order valence-electron chi connectivity index (χ2n) is 8.93. The van der Waals surface area contributed by atoms with Crippen LogP contribution in [0, 0.1) is 5.92 Å². The maximum atomic E-state index is 13.1. The number of ether oxygens (including phenoxy) is 3. The van der Waals surface area contributed by atoms with Crippen LogP contribution in [0.4, 0.5) is 0 Å². The topological polar surface area (TPSA) is 73.2 Å². The van der Waals surface area contributed by atoms with Crippen molar-refractivity contribution in [2.45, 2.75) is 51.8 Å². The van der Waals surface area contributed by atoms with Crippen LogP contribution >= 0.6 is 0 Å². The summed E-state index contributed by atoms with van der Waals surface area (Å²) in [6, 6.07) is 9.66. The first kappa shape index (κ1) is 22.7. The van der Waals surface area contributed by atoms with Crippen molar-refractivity contribution in [1.29, 1.82) is 0 Å². The second kappa shape index (κ2) is 10.9. The third kappa shape index (κ3) is 6.04. The van der Waals surface area contributed by atoms with Crippen LogP contribution in [0.15, 0.2) is 41.0 Å². The van der Waals surface area contributed by atoms with E-state index >= 15 is 0 Å². The fourth-order valence-corrected chi connectivity index (χ4v) is 4.31. The average molecular weight is 443 g/mol. The molecule has 0 bridgehead atoms. The maximum Gasteiger partial charge on any atom is 0.234 e. The highest BCUT2D eigenvalue weighted by molar-refractivity contribution is 5.78. The van der Waals surface area contributed by atoms with Crippen molar-refractivity contribution in [2.24, 2.45) is 5.92 Å². The summed E-state index contributed by atoms with van der Waals surface area (Å²) in [6.07, 6.45) is 4.80. The van der Waals surface area contributed by atoms with E-state index in [9.17, 15) is 4.79 Å². The van der Waals surface area contributed by atoms with Crippen LogP contribution in [-0.4, -0.2) is 49.8 Å². The van der Waals surface area contributed by atoms with Crippen molar-refractivity contribution in [3.05, 3.63) is 47.9 Å². The molecule has 2 aliphatic rings. The summed E-state index contributed by atoms with van der Waals surface area (Å²) in [5.41, 5.74) is 1.02. The van der Waals surface area contributed by atoms with Gasteiger partial charge in [0.05, 0.1) is 44.7 Å². The van der Waals surface area contributed by atoms with E-state index in [1.807, 2.05) is 30.3 Å². The van der Waals surface area contributed by atoms with Crippen molar-refractivity contribution in [3.8, 4) is 11.5 Å². The first-order valence-electron chi connectivity index (χ1n) is 11.6. The van der Waals surface area contributed by atoms with Gasteiger partial charge in [-0.1, -0.05) is 19.9 Å². The van der Waals surface area contributed by atoms with E-state index in [1.165, 1.54) is 0 Å². The molecular weight excluding hydrogens is 408 g/mol. The van der Waals surface area contributed by atoms with Crippen LogP contribution < -0.4 is 14.8 Å². The lowest BCUT2D eigenvalue weighted by molar-refractivity contribution is -0.123. The molecule has 2 aromatic rings. The quantitative estimate of drug-likeness (QED) is 0.634. The second-order valence-corrected chi connectivity index (χ2v) is 8.93. The molecule has 32 heavy (non-hydrogen) atoms. The number of furan rings is 1. The third-order valence-electron chi connectivity index (χ3n) is 5.93. The van der Waals surface area contributed by atoms with Crippen molar-refractivity contribution < 1.29 is 23.4 Å². The Morgan fingerprint density at radius 2 is 1.97 bits per heavy atom. The molecule has 1 N–H and O–H groups in total. The predicted molar refractivity (Wildman–Crippen MR) is 121 cm³/mol. The minimum absolute atomic E-state index is 0.0136. The van der Waals surface area contributed by atoms with Crippen molar-refractivity contribution in [2.75, 3.05) is 32.9 Å². The minimum atomic E-state index is -0.118. The Kier molecular flexibility index (Phi) is 7.71. The predicted octanol–water partition coefficient (Wildman–Crippen LogP) is 3.94. The molecule has 7 heteroatoms. The number of hydrogen-bond donors (Lipinski definition) is 1. The minimum Gasteiger partial charge on any atom is -0.490 e. The van der Waals surface area contributed by atoms with Crippen molar-refractivity contribution >= 4 is 5.91 Å². The van der Waals surface area contributed by atoms with Gasteiger partial charge in [0.1, 0.15) is 5.76 Å². The summed E-state index contributed by atoms with van der Waals surface area (Å²) in [5.74, 6) is 2.57. The molecule has 4 rings (SSSR count). The monoisotopic (exact) mass is 442 g/mol. The van der Waals surface area contributed by atoms with E-state index in [2.05, 4.69) is 24.1 Å². The Labute approximate surface area is 190 Å².